The summed E-state index contributed by atoms with van der Waals surface area (Å²) in [5.41, 5.74) is 1.01. The second-order valence-corrected chi connectivity index (χ2v) is 4.74. The van der Waals surface area contributed by atoms with Gasteiger partial charge in [-0.2, -0.15) is 0 Å². The Bertz CT molecular complexity index is 373. The van der Waals surface area contributed by atoms with Crippen LogP contribution < -0.4 is 0 Å². The fraction of sp³-hybridized carbons (Fsp3) is 0.462. The van der Waals surface area contributed by atoms with Crippen LogP contribution in [0.2, 0.25) is 5.02 Å². The van der Waals surface area contributed by atoms with Crippen molar-refractivity contribution in [3.05, 3.63) is 34.9 Å². The van der Waals surface area contributed by atoms with E-state index >= 15 is 0 Å². The predicted molar refractivity (Wildman–Crippen MR) is 62.2 cm³/mol. The van der Waals surface area contributed by atoms with E-state index < -0.39 is 0 Å². The molecule has 2 atom stereocenters. The molecule has 2 heteroatoms. The van der Waals surface area contributed by atoms with Gasteiger partial charge < -0.3 is 0 Å². The van der Waals surface area contributed by atoms with Crippen LogP contribution in [0.15, 0.2) is 24.3 Å². The molecule has 1 aromatic rings. The Morgan fingerprint density at radius 3 is 2.73 bits per heavy atom. The van der Waals surface area contributed by atoms with Gasteiger partial charge in [0.15, 0.2) is 0 Å². The van der Waals surface area contributed by atoms with Crippen molar-refractivity contribution in [3.8, 4) is 0 Å². The van der Waals surface area contributed by atoms with Crippen molar-refractivity contribution in [2.45, 2.75) is 32.1 Å². The molecule has 1 saturated carbocycles. The quantitative estimate of drug-likeness (QED) is 0.706. The Labute approximate surface area is 95.4 Å². The molecule has 2 rings (SSSR count). The van der Waals surface area contributed by atoms with E-state index in [9.17, 15) is 4.79 Å². The van der Waals surface area contributed by atoms with E-state index in [0.29, 0.717) is 18.1 Å². The highest BCUT2D eigenvalue weighted by Crippen LogP contribution is 2.37. The van der Waals surface area contributed by atoms with Gasteiger partial charge in [0.05, 0.1) is 0 Å². The van der Waals surface area contributed by atoms with Gasteiger partial charge in [-0.1, -0.05) is 36.7 Å². The lowest BCUT2D eigenvalue weighted by molar-refractivity contribution is -0.123. The highest BCUT2D eigenvalue weighted by molar-refractivity contribution is 6.31. The maximum absolute atomic E-state index is 11.9. The zero-order valence-corrected chi connectivity index (χ0v) is 9.63. The lowest BCUT2D eigenvalue weighted by atomic mass is 9.75. The Kier molecular flexibility index (Phi) is 3.11. The van der Waals surface area contributed by atoms with Crippen LogP contribution in [0, 0.1) is 5.92 Å². The average Bonchev–Trinajstić information content (AvgIpc) is 2.20. The summed E-state index contributed by atoms with van der Waals surface area (Å²) in [7, 11) is 0. The van der Waals surface area contributed by atoms with Crippen LogP contribution in [0.25, 0.3) is 0 Å². The number of benzene rings is 1. The van der Waals surface area contributed by atoms with E-state index in [1.54, 1.807) is 0 Å². The van der Waals surface area contributed by atoms with Crippen molar-refractivity contribution >= 4 is 17.4 Å². The zero-order valence-electron chi connectivity index (χ0n) is 8.87. The standard InChI is InChI=1S/C13H15ClO/c1-9-5-4-8-12(15)13(9)10-6-2-3-7-11(10)14/h2-3,6-7,9,13H,4-5,8H2,1H3. The number of carbonyl (C=O) groups is 1. The Morgan fingerprint density at radius 1 is 1.33 bits per heavy atom. The number of hydrogen-bond donors (Lipinski definition) is 0. The van der Waals surface area contributed by atoms with Gasteiger partial charge in [0.2, 0.25) is 0 Å². The maximum atomic E-state index is 11.9. The summed E-state index contributed by atoms with van der Waals surface area (Å²) >= 11 is 6.14. The van der Waals surface area contributed by atoms with Crippen LogP contribution in [0.1, 0.15) is 37.7 Å². The minimum absolute atomic E-state index is 0.0208. The van der Waals surface area contributed by atoms with Crippen LogP contribution in [0.3, 0.4) is 0 Å². The number of halogens is 1. The fourth-order valence-electron chi connectivity index (χ4n) is 2.45. The first-order chi connectivity index (χ1) is 7.20. The molecular weight excluding hydrogens is 208 g/mol. The van der Waals surface area contributed by atoms with Crippen molar-refractivity contribution in [2.24, 2.45) is 5.92 Å². The van der Waals surface area contributed by atoms with Gasteiger partial charge in [0.1, 0.15) is 5.78 Å². The normalized spacial score (nSPS) is 26.7. The van der Waals surface area contributed by atoms with Gasteiger partial charge in [0.25, 0.3) is 0 Å². The van der Waals surface area contributed by atoms with Gasteiger partial charge in [0, 0.05) is 17.4 Å². The van der Waals surface area contributed by atoms with E-state index in [1.807, 2.05) is 24.3 Å². The third-order valence-electron chi connectivity index (χ3n) is 3.24. The van der Waals surface area contributed by atoms with Crippen LogP contribution in [0.4, 0.5) is 0 Å². The molecule has 1 aromatic carbocycles. The Balaban J connectivity index is 2.36. The summed E-state index contributed by atoms with van der Waals surface area (Å²) in [5.74, 6) is 0.792. The van der Waals surface area contributed by atoms with Crippen LogP contribution in [-0.4, -0.2) is 5.78 Å². The molecule has 0 amide bonds. The van der Waals surface area contributed by atoms with Gasteiger partial charge >= 0.3 is 0 Å². The van der Waals surface area contributed by atoms with Gasteiger partial charge in [-0.3, -0.25) is 4.79 Å². The number of hydrogen-bond acceptors (Lipinski definition) is 1. The van der Waals surface area contributed by atoms with E-state index in [2.05, 4.69) is 6.92 Å². The molecule has 1 nitrogen and oxygen atoms in total. The molecular formula is C13H15ClO. The minimum atomic E-state index is 0.0208. The van der Waals surface area contributed by atoms with Crippen molar-refractivity contribution in [3.63, 3.8) is 0 Å². The average molecular weight is 223 g/mol. The van der Waals surface area contributed by atoms with Gasteiger partial charge in [-0.15, -0.1) is 0 Å². The second-order valence-electron chi connectivity index (χ2n) is 4.34. The number of rotatable bonds is 1. The molecule has 0 spiro atoms. The van der Waals surface area contributed by atoms with Crippen molar-refractivity contribution in [1.82, 2.24) is 0 Å². The molecule has 0 radical (unpaired) electrons. The summed E-state index contributed by atoms with van der Waals surface area (Å²) in [6, 6.07) is 7.71. The highest BCUT2D eigenvalue weighted by Gasteiger charge is 2.31. The lowest BCUT2D eigenvalue weighted by Crippen LogP contribution is -2.24. The molecule has 15 heavy (non-hydrogen) atoms. The number of carbonyl (C=O) groups excluding carboxylic acids is 1. The molecule has 0 N–H and O–H groups in total. The maximum Gasteiger partial charge on any atom is 0.140 e. The van der Waals surface area contributed by atoms with Crippen molar-refractivity contribution in [2.75, 3.05) is 0 Å². The SMILES string of the molecule is CC1CCCC(=O)C1c1ccccc1Cl. The van der Waals surface area contributed by atoms with Crippen LogP contribution in [-0.2, 0) is 4.79 Å². The first-order valence-electron chi connectivity index (χ1n) is 5.47. The first kappa shape index (κ1) is 10.7. The van der Waals surface area contributed by atoms with Gasteiger partial charge in [-0.25, -0.2) is 0 Å². The van der Waals surface area contributed by atoms with Crippen molar-refractivity contribution in [1.29, 1.82) is 0 Å². The van der Waals surface area contributed by atoms with Crippen molar-refractivity contribution < 1.29 is 4.79 Å². The number of ketones is 1. The monoisotopic (exact) mass is 222 g/mol. The Hall–Kier alpha value is -0.820. The minimum Gasteiger partial charge on any atom is -0.299 e. The fourth-order valence-corrected chi connectivity index (χ4v) is 2.70. The summed E-state index contributed by atoms with van der Waals surface area (Å²) in [6.45, 7) is 2.14. The van der Waals surface area contributed by atoms with Crippen LogP contribution >= 0.6 is 11.6 Å². The predicted octanol–water partition coefficient (Wildman–Crippen LogP) is 3.81. The third-order valence-corrected chi connectivity index (χ3v) is 3.58. The van der Waals surface area contributed by atoms with Gasteiger partial charge in [-0.05, 0) is 30.4 Å². The zero-order chi connectivity index (χ0) is 10.8. The molecule has 1 fully saturated rings. The lowest BCUT2D eigenvalue weighted by Gasteiger charge is -2.28. The topological polar surface area (TPSA) is 17.1 Å². The summed E-state index contributed by atoms with van der Waals surface area (Å²) < 4.78 is 0. The van der Waals surface area contributed by atoms with E-state index in [0.717, 1.165) is 23.4 Å². The van der Waals surface area contributed by atoms with E-state index in [1.165, 1.54) is 0 Å². The molecule has 0 aromatic heterocycles. The molecule has 0 aliphatic heterocycles. The molecule has 1 aliphatic carbocycles. The molecule has 0 saturated heterocycles. The van der Waals surface area contributed by atoms with Crippen LogP contribution in [0.5, 0.6) is 0 Å². The molecule has 2 unspecified atom stereocenters. The summed E-state index contributed by atoms with van der Waals surface area (Å²) in [5, 5.41) is 0.726. The third kappa shape index (κ3) is 2.07. The highest BCUT2D eigenvalue weighted by atomic mass is 35.5. The summed E-state index contributed by atoms with van der Waals surface area (Å²) in [6.07, 6.45) is 2.86. The van der Waals surface area contributed by atoms with E-state index in [-0.39, 0.29) is 5.92 Å². The molecule has 1 aliphatic rings. The molecule has 80 valence electrons. The molecule has 0 heterocycles. The smallest absolute Gasteiger partial charge is 0.140 e. The summed E-state index contributed by atoms with van der Waals surface area (Å²) in [4.78, 5) is 11.9. The largest absolute Gasteiger partial charge is 0.299 e. The Morgan fingerprint density at radius 2 is 2.07 bits per heavy atom. The number of Topliss-reactive ketones (excluding diaryl/α,β-unsaturated/α-hetero) is 1. The van der Waals surface area contributed by atoms with E-state index in [4.69, 9.17) is 11.6 Å². The second kappa shape index (κ2) is 4.36. The first-order valence-corrected chi connectivity index (χ1v) is 5.85. The molecule has 0 bridgehead atoms.